The van der Waals surface area contributed by atoms with Crippen LogP contribution in [0, 0.1) is 11.8 Å². The summed E-state index contributed by atoms with van der Waals surface area (Å²) in [5.41, 5.74) is 0.524. The molecule has 1 unspecified atom stereocenters. The van der Waals surface area contributed by atoms with Crippen LogP contribution in [0.2, 0.25) is 0 Å². The number of hydrogen-bond acceptors (Lipinski definition) is 3. The summed E-state index contributed by atoms with van der Waals surface area (Å²) in [6.07, 6.45) is 0.0388. The second-order valence-electron chi connectivity index (χ2n) is 4.80. The third-order valence-corrected chi connectivity index (χ3v) is 2.98. The van der Waals surface area contributed by atoms with Crippen molar-refractivity contribution in [3.8, 4) is 5.75 Å². The molecule has 5 nitrogen and oxygen atoms in total. The van der Waals surface area contributed by atoms with Crippen molar-refractivity contribution in [1.82, 2.24) is 5.32 Å². The minimum atomic E-state index is -0.919. The number of amides is 1. The van der Waals surface area contributed by atoms with Crippen molar-refractivity contribution in [2.45, 2.75) is 20.3 Å². The van der Waals surface area contributed by atoms with Crippen LogP contribution in [-0.2, 0) is 16.0 Å². The van der Waals surface area contributed by atoms with Crippen LogP contribution >= 0.6 is 0 Å². The normalized spacial score (nSPS) is 12.2. The molecule has 0 spiro atoms. The number of phenolic OH excluding ortho intramolecular Hbond substituents is 1. The van der Waals surface area contributed by atoms with E-state index in [2.05, 4.69) is 5.32 Å². The Balaban J connectivity index is 2.52. The second-order valence-corrected chi connectivity index (χ2v) is 4.80. The number of carboxylic acids is 1. The highest BCUT2D eigenvalue weighted by Gasteiger charge is 2.22. The summed E-state index contributed by atoms with van der Waals surface area (Å²) in [7, 11) is 0. The Morgan fingerprint density at radius 2 is 1.89 bits per heavy atom. The number of benzene rings is 1. The van der Waals surface area contributed by atoms with Crippen LogP contribution in [0.1, 0.15) is 19.4 Å². The number of hydrogen-bond donors (Lipinski definition) is 3. The Morgan fingerprint density at radius 3 is 2.42 bits per heavy atom. The van der Waals surface area contributed by atoms with Crippen LogP contribution in [0.4, 0.5) is 0 Å². The summed E-state index contributed by atoms with van der Waals surface area (Å²) >= 11 is 0. The maximum Gasteiger partial charge on any atom is 0.308 e. The van der Waals surface area contributed by atoms with Crippen LogP contribution in [-0.4, -0.2) is 28.6 Å². The van der Waals surface area contributed by atoms with Gasteiger partial charge in [-0.25, -0.2) is 0 Å². The topological polar surface area (TPSA) is 86.6 Å². The quantitative estimate of drug-likeness (QED) is 0.725. The molecule has 3 N–H and O–H groups in total. The smallest absolute Gasteiger partial charge is 0.308 e. The Morgan fingerprint density at radius 1 is 1.26 bits per heavy atom. The van der Waals surface area contributed by atoms with E-state index in [-0.39, 0.29) is 30.5 Å². The van der Waals surface area contributed by atoms with Crippen molar-refractivity contribution in [3.63, 3.8) is 0 Å². The standard InChI is InChI=1S/C14H19NO4/c1-9(2)11(14(18)19)8-15-13(17)7-10-5-3-4-6-12(10)16/h3-6,9,11,16H,7-8H2,1-2H3,(H,15,17)(H,18,19). The molecular weight excluding hydrogens is 246 g/mol. The highest BCUT2D eigenvalue weighted by molar-refractivity contribution is 5.80. The van der Waals surface area contributed by atoms with E-state index in [1.807, 2.05) is 0 Å². The number of phenols is 1. The van der Waals surface area contributed by atoms with E-state index in [1.165, 1.54) is 6.07 Å². The molecule has 0 heterocycles. The molecular formula is C14H19NO4. The van der Waals surface area contributed by atoms with Crippen LogP contribution in [0.25, 0.3) is 0 Å². The Labute approximate surface area is 112 Å². The van der Waals surface area contributed by atoms with Crippen molar-refractivity contribution >= 4 is 11.9 Å². The zero-order chi connectivity index (χ0) is 14.4. The van der Waals surface area contributed by atoms with Gasteiger partial charge < -0.3 is 15.5 Å². The SMILES string of the molecule is CC(C)C(CNC(=O)Cc1ccccc1O)C(=O)O. The lowest BCUT2D eigenvalue weighted by atomic mass is 9.96. The van der Waals surface area contributed by atoms with E-state index < -0.39 is 11.9 Å². The van der Waals surface area contributed by atoms with Crippen LogP contribution in [0.3, 0.4) is 0 Å². The fourth-order valence-electron chi connectivity index (χ4n) is 1.73. The van der Waals surface area contributed by atoms with Gasteiger partial charge in [0, 0.05) is 12.1 Å². The van der Waals surface area contributed by atoms with Crippen molar-refractivity contribution < 1.29 is 19.8 Å². The van der Waals surface area contributed by atoms with Crippen molar-refractivity contribution in [3.05, 3.63) is 29.8 Å². The highest BCUT2D eigenvalue weighted by Crippen LogP contribution is 2.16. The molecule has 0 fully saturated rings. The molecule has 1 atom stereocenters. The molecule has 0 aliphatic rings. The Hall–Kier alpha value is -2.04. The number of carboxylic acid groups (broad SMARTS) is 1. The molecule has 104 valence electrons. The number of aliphatic carboxylic acids is 1. The fourth-order valence-corrected chi connectivity index (χ4v) is 1.73. The molecule has 0 aliphatic heterocycles. The average Bonchev–Trinajstić information content (AvgIpc) is 2.31. The van der Waals surface area contributed by atoms with Gasteiger partial charge in [0.15, 0.2) is 0 Å². The summed E-state index contributed by atoms with van der Waals surface area (Å²) < 4.78 is 0. The minimum absolute atomic E-state index is 0.0388. The molecule has 5 heteroatoms. The van der Waals surface area contributed by atoms with Gasteiger partial charge in [-0.1, -0.05) is 32.0 Å². The maximum absolute atomic E-state index is 11.7. The number of rotatable bonds is 6. The zero-order valence-electron chi connectivity index (χ0n) is 11.1. The first-order valence-electron chi connectivity index (χ1n) is 6.18. The second kappa shape index (κ2) is 6.78. The molecule has 0 saturated carbocycles. The third kappa shape index (κ3) is 4.62. The van der Waals surface area contributed by atoms with E-state index in [1.54, 1.807) is 32.0 Å². The molecule has 0 saturated heterocycles. The van der Waals surface area contributed by atoms with E-state index in [9.17, 15) is 14.7 Å². The van der Waals surface area contributed by atoms with E-state index in [0.29, 0.717) is 5.56 Å². The minimum Gasteiger partial charge on any atom is -0.508 e. The summed E-state index contributed by atoms with van der Waals surface area (Å²) in [5.74, 6) is -1.81. The van der Waals surface area contributed by atoms with Gasteiger partial charge in [0.05, 0.1) is 12.3 Å². The average molecular weight is 265 g/mol. The first kappa shape index (κ1) is 15.0. The Bertz CT molecular complexity index is 457. The number of para-hydroxylation sites is 1. The molecule has 0 aromatic heterocycles. The predicted molar refractivity (Wildman–Crippen MR) is 70.8 cm³/mol. The molecule has 0 bridgehead atoms. The monoisotopic (exact) mass is 265 g/mol. The van der Waals surface area contributed by atoms with Gasteiger partial charge in [0.2, 0.25) is 5.91 Å². The van der Waals surface area contributed by atoms with Crippen molar-refractivity contribution in [2.75, 3.05) is 6.54 Å². The lowest BCUT2D eigenvalue weighted by molar-refractivity contribution is -0.143. The summed E-state index contributed by atoms with van der Waals surface area (Å²) in [6.45, 7) is 3.70. The van der Waals surface area contributed by atoms with Gasteiger partial charge in [0.25, 0.3) is 0 Å². The summed E-state index contributed by atoms with van der Waals surface area (Å²) in [4.78, 5) is 22.7. The number of carbonyl (C=O) groups excluding carboxylic acids is 1. The van der Waals surface area contributed by atoms with Gasteiger partial charge in [-0.05, 0) is 12.0 Å². The largest absolute Gasteiger partial charge is 0.508 e. The maximum atomic E-state index is 11.7. The molecule has 1 aromatic carbocycles. The van der Waals surface area contributed by atoms with Crippen molar-refractivity contribution in [2.24, 2.45) is 11.8 Å². The first-order valence-corrected chi connectivity index (χ1v) is 6.18. The fraction of sp³-hybridized carbons (Fsp3) is 0.429. The van der Waals surface area contributed by atoms with Gasteiger partial charge in [-0.3, -0.25) is 9.59 Å². The van der Waals surface area contributed by atoms with Crippen LogP contribution in [0.15, 0.2) is 24.3 Å². The first-order chi connectivity index (χ1) is 8.91. The Kier molecular flexibility index (Phi) is 5.36. The predicted octanol–water partition coefficient (Wildman–Crippen LogP) is 1.41. The lowest BCUT2D eigenvalue weighted by Crippen LogP contribution is -2.36. The summed E-state index contributed by atoms with van der Waals surface area (Å²) in [6, 6.07) is 6.58. The molecule has 1 amide bonds. The molecule has 19 heavy (non-hydrogen) atoms. The molecule has 0 aliphatic carbocycles. The van der Waals surface area contributed by atoms with Gasteiger partial charge in [-0.2, -0.15) is 0 Å². The number of aromatic hydroxyl groups is 1. The van der Waals surface area contributed by atoms with Gasteiger partial charge in [0.1, 0.15) is 5.75 Å². The van der Waals surface area contributed by atoms with Gasteiger partial charge in [-0.15, -0.1) is 0 Å². The van der Waals surface area contributed by atoms with Crippen LogP contribution < -0.4 is 5.32 Å². The lowest BCUT2D eigenvalue weighted by Gasteiger charge is -2.16. The summed E-state index contributed by atoms with van der Waals surface area (Å²) in [5, 5.41) is 21.1. The molecule has 0 radical (unpaired) electrons. The van der Waals surface area contributed by atoms with E-state index in [0.717, 1.165) is 0 Å². The molecule has 1 aromatic rings. The molecule has 1 rings (SSSR count). The number of carbonyl (C=O) groups is 2. The van der Waals surface area contributed by atoms with Gasteiger partial charge >= 0.3 is 5.97 Å². The third-order valence-electron chi connectivity index (χ3n) is 2.98. The van der Waals surface area contributed by atoms with Crippen LogP contribution in [0.5, 0.6) is 5.75 Å². The highest BCUT2D eigenvalue weighted by atomic mass is 16.4. The zero-order valence-corrected chi connectivity index (χ0v) is 11.1. The van der Waals surface area contributed by atoms with E-state index in [4.69, 9.17) is 5.11 Å². The van der Waals surface area contributed by atoms with E-state index >= 15 is 0 Å². The van der Waals surface area contributed by atoms with Crippen molar-refractivity contribution in [1.29, 1.82) is 0 Å². The number of nitrogens with one attached hydrogen (secondary N) is 1.